The normalized spacial score (nSPS) is 12.4. The molecule has 0 bridgehead atoms. The van der Waals surface area contributed by atoms with Crippen molar-refractivity contribution < 1.29 is 33.8 Å². The number of ether oxygens (including phenoxy) is 2. The molecule has 0 atom stereocenters. The Labute approximate surface area is 338 Å². The molecule has 4 heterocycles. The number of fused-ring (bicyclic) bond motifs is 2. The molecule has 4 aromatic heterocycles. The van der Waals surface area contributed by atoms with Gasteiger partial charge in [-0.2, -0.15) is 20.2 Å². The van der Waals surface area contributed by atoms with Crippen LogP contribution in [0.25, 0.3) is 22.1 Å². The van der Waals surface area contributed by atoms with E-state index in [0.717, 1.165) is 0 Å². The zero-order chi connectivity index (χ0) is 42.7. The van der Waals surface area contributed by atoms with Gasteiger partial charge in [-0.3, -0.25) is 28.5 Å². The molecule has 0 unspecified atom stereocenters. The second-order valence-electron chi connectivity index (χ2n) is 13.8. The average molecular weight is 809 g/mol. The highest BCUT2D eigenvalue weighted by atomic mass is 16.5. The van der Waals surface area contributed by atoms with Crippen LogP contribution in [0.1, 0.15) is 73.3 Å². The van der Waals surface area contributed by atoms with E-state index < -0.39 is 23.6 Å². The van der Waals surface area contributed by atoms with Crippen molar-refractivity contribution in [2.45, 2.75) is 60.3 Å². The van der Waals surface area contributed by atoms with E-state index in [2.05, 4.69) is 20.2 Å². The maximum atomic E-state index is 13.8. The van der Waals surface area contributed by atoms with E-state index in [9.17, 15) is 24.3 Å². The summed E-state index contributed by atoms with van der Waals surface area (Å²) in [5, 5.41) is 18.3. The van der Waals surface area contributed by atoms with Crippen LogP contribution >= 0.6 is 0 Å². The summed E-state index contributed by atoms with van der Waals surface area (Å²) in [6.07, 6.45) is 4.02. The largest absolute Gasteiger partial charge is 0.494 e. The Morgan fingerprint density at radius 1 is 0.729 bits per heavy atom. The lowest BCUT2D eigenvalue weighted by Crippen LogP contribution is -2.27. The number of aromatic nitrogens is 8. The highest BCUT2D eigenvalue weighted by Gasteiger charge is 2.22. The van der Waals surface area contributed by atoms with Crippen LogP contribution in [-0.2, 0) is 40.3 Å². The molecule has 0 fully saturated rings. The molecule has 19 heteroatoms. The Kier molecular flexibility index (Phi) is 12.1. The highest BCUT2D eigenvalue weighted by Crippen LogP contribution is 2.29. The van der Waals surface area contributed by atoms with Crippen LogP contribution < -0.4 is 32.2 Å². The van der Waals surface area contributed by atoms with E-state index in [1.54, 1.807) is 79.8 Å². The number of hydrogen-bond donors (Lipinski definition) is 3. The third-order valence-electron chi connectivity index (χ3n) is 9.79. The molecule has 310 valence electrons. The lowest BCUT2D eigenvalue weighted by molar-refractivity contribution is 0.0977. The van der Waals surface area contributed by atoms with Crippen molar-refractivity contribution in [1.29, 1.82) is 0 Å². The summed E-state index contributed by atoms with van der Waals surface area (Å²) < 4.78 is 21.9. The summed E-state index contributed by atoms with van der Waals surface area (Å²) in [6, 6.07) is 9.63. The number of aliphatic hydroxyl groups excluding tert-OH is 1. The van der Waals surface area contributed by atoms with E-state index in [0.29, 0.717) is 75.9 Å². The maximum Gasteiger partial charge on any atom is 0.298 e. The van der Waals surface area contributed by atoms with Gasteiger partial charge in [-0.05, 0) is 64.1 Å². The van der Waals surface area contributed by atoms with Gasteiger partial charge in [0.25, 0.3) is 11.8 Å². The second-order valence-corrected chi connectivity index (χ2v) is 13.8. The first kappa shape index (κ1) is 41.6. The number of aryl methyl sites for hydroxylation is 6. The summed E-state index contributed by atoms with van der Waals surface area (Å²) in [5.74, 6) is -1.74. The minimum absolute atomic E-state index is 0.113. The van der Waals surface area contributed by atoms with Gasteiger partial charge in [-0.25, -0.2) is 0 Å². The number of primary amides is 2. The smallest absolute Gasteiger partial charge is 0.298 e. The van der Waals surface area contributed by atoms with Gasteiger partial charge in [-0.1, -0.05) is 12.2 Å². The molecular formula is C40H48N12O7. The number of carbonyl (C=O) groups excluding carboxylic acids is 4. The Hall–Kier alpha value is -7.02. The van der Waals surface area contributed by atoms with Crippen molar-refractivity contribution in [1.82, 2.24) is 37.8 Å². The van der Waals surface area contributed by atoms with Crippen molar-refractivity contribution >= 4 is 45.7 Å². The molecule has 6 rings (SSSR count). The monoisotopic (exact) mass is 808 g/mol. The molecule has 0 spiro atoms. The first-order chi connectivity index (χ1) is 28.2. The van der Waals surface area contributed by atoms with Gasteiger partial charge in [0.2, 0.25) is 23.1 Å². The molecule has 0 aliphatic carbocycles. The van der Waals surface area contributed by atoms with Crippen LogP contribution in [0.15, 0.2) is 58.5 Å². The fourth-order valence-electron chi connectivity index (χ4n) is 7.00. The Balaban J connectivity index is 1.52. The number of nitrogens with two attached hydrogens (primary N) is 2. The fourth-order valence-corrected chi connectivity index (χ4v) is 7.00. The highest BCUT2D eigenvalue weighted by molar-refractivity contribution is 6.00. The molecule has 0 aliphatic rings. The van der Waals surface area contributed by atoms with Gasteiger partial charge in [0.15, 0.2) is 0 Å². The third kappa shape index (κ3) is 8.09. The molecule has 0 aliphatic heterocycles. The van der Waals surface area contributed by atoms with Crippen LogP contribution in [0.3, 0.4) is 0 Å². The molecule has 0 saturated heterocycles. The first-order valence-electron chi connectivity index (χ1n) is 19.0. The average Bonchev–Trinajstić information content (AvgIpc) is 3.94. The van der Waals surface area contributed by atoms with Crippen molar-refractivity contribution in [2.24, 2.45) is 35.5 Å². The van der Waals surface area contributed by atoms with E-state index in [-0.39, 0.29) is 48.7 Å². The number of hydrogen-bond acceptors (Lipinski definition) is 9. The molecule has 19 nitrogen and oxygen atoms in total. The van der Waals surface area contributed by atoms with Gasteiger partial charge in [0.1, 0.15) is 33.9 Å². The molecule has 0 radical (unpaired) electrons. The number of carbonyl (C=O) groups is 4. The molecule has 4 amide bonds. The summed E-state index contributed by atoms with van der Waals surface area (Å²) in [5.41, 5.74) is 16.4. The maximum absolute atomic E-state index is 13.8. The number of nitrogens with zero attached hydrogens (tertiary/aromatic N) is 10. The lowest BCUT2D eigenvalue weighted by Gasteiger charge is -2.11. The number of rotatable bonds is 15. The summed E-state index contributed by atoms with van der Waals surface area (Å²) in [6.45, 7) is 8.61. The molecular weight excluding hydrogens is 761 g/mol. The number of imidazole rings is 2. The molecule has 5 N–H and O–H groups in total. The van der Waals surface area contributed by atoms with Gasteiger partial charge in [0.05, 0.1) is 36.1 Å². The van der Waals surface area contributed by atoms with Crippen LogP contribution in [0.4, 0.5) is 0 Å². The molecule has 6 aromatic rings. The Morgan fingerprint density at radius 2 is 1.17 bits per heavy atom. The lowest BCUT2D eigenvalue weighted by atomic mass is 10.1. The Bertz CT molecular complexity index is 2810. The quantitative estimate of drug-likeness (QED) is 0.101. The van der Waals surface area contributed by atoms with Gasteiger partial charge in [-0.15, -0.1) is 0 Å². The van der Waals surface area contributed by atoms with Crippen molar-refractivity contribution in [3.8, 4) is 11.5 Å². The Morgan fingerprint density at radius 3 is 1.58 bits per heavy atom. The number of methoxy groups -OCH3 is 1. The van der Waals surface area contributed by atoms with E-state index >= 15 is 0 Å². The van der Waals surface area contributed by atoms with Gasteiger partial charge < -0.3 is 44.3 Å². The topological polar surface area (TPSA) is 239 Å². The van der Waals surface area contributed by atoms with E-state index in [1.807, 2.05) is 26.0 Å². The summed E-state index contributed by atoms with van der Waals surface area (Å²) >= 11 is 0. The summed E-state index contributed by atoms with van der Waals surface area (Å²) in [7, 11) is 4.91. The van der Waals surface area contributed by atoms with Gasteiger partial charge >= 0.3 is 0 Å². The molecule has 2 aromatic carbocycles. The van der Waals surface area contributed by atoms with Crippen molar-refractivity contribution in [2.75, 3.05) is 20.3 Å². The van der Waals surface area contributed by atoms with E-state index in [1.165, 1.54) is 19.2 Å². The number of aliphatic hydroxyl groups is 1. The number of allylic oxidation sites excluding steroid dienone is 2. The van der Waals surface area contributed by atoms with Crippen LogP contribution in [-0.4, -0.2) is 86.9 Å². The van der Waals surface area contributed by atoms with Gasteiger partial charge in [0, 0.05) is 64.4 Å². The van der Waals surface area contributed by atoms with Crippen LogP contribution in [0, 0.1) is 13.8 Å². The zero-order valence-electron chi connectivity index (χ0n) is 34.1. The molecule has 0 saturated carbocycles. The minimum atomic E-state index is -0.678. The predicted molar refractivity (Wildman–Crippen MR) is 217 cm³/mol. The van der Waals surface area contributed by atoms with Crippen LogP contribution in [0.5, 0.6) is 11.5 Å². The third-order valence-corrected chi connectivity index (χ3v) is 9.79. The van der Waals surface area contributed by atoms with Crippen LogP contribution in [0.2, 0.25) is 0 Å². The molecule has 59 heavy (non-hydrogen) atoms. The van der Waals surface area contributed by atoms with Crippen molar-refractivity contribution in [3.63, 3.8) is 0 Å². The zero-order valence-corrected chi connectivity index (χ0v) is 34.1. The van der Waals surface area contributed by atoms with Crippen molar-refractivity contribution in [3.05, 3.63) is 93.7 Å². The summed E-state index contributed by atoms with van der Waals surface area (Å²) in [4.78, 5) is 61.5. The predicted octanol–water partition coefficient (Wildman–Crippen LogP) is 2.03. The SMILES string of the molecule is CCn1nc(C)cc1C(=O)N=c1n(C)c2cc(C(N)=O)cc(OC)c2n1C/C=C/Cn1c(=NC(=O)c2cc(C)nn2CC)n(C)c2cc(C(N)=O)cc(OCCCO)c21. The fraction of sp³-hybridized carbons (Fsp3) is 0.350. The van der Waals surface area contributed by atoms with E-state index in [4.69, 9.17) is 20.9 Å². The first-order valence-corrected chi connectivity index (χ1v) is 19.0. The number of amides is 4. The standard InChI is InChI=1S/C40H48N12O7/c1-8-51-29(17-23(3)45-51)37(56)43-39-47(5)27-19-25(35(41)54)21-31(58-7)33(27)49(39)13-10-11-14-50-34-28(20-26(36(42)55)22-32(34)59-16-12-15-53)48(6)40(50)44-38(57)30-18-24(4)46-52(30)9-2/h10-11,17-22,53H,8-9,12-16H2,1-7H3,(H2,41,54)(H2,42,55)/b11-10+,43-39?,44-40?. The minimum Gasteiger partial charge on any atom is -0.494 e. The second kappa shape index (κ2) is 17.2. The number of benzene rings is 2.